The standard InChI is InChI=1S/C16H27NO3/c1-6-20-14(18)10-17-15(19)13-9-16(4,5)8-7-12(13)11(2)3/h12-13H,2,6-10H2,1,3-5H3,(H,17,19). The van der Waals surface area contributed by atoms with Gasteiger partial charge in [-0.2, -0.15) is 0 Å². The Morgan fingerprint density at radius 1 is 1.35 bits per heavy atom. The molecule has 1 rings (SSSR count). The third-order valence-electron chi connectivity index (χ3n) is 4.07. The van der Waals surface area contributed by atoms with Crippen LogP contribution in [0.1, 0.15) is 47.0 Å². The predicted octanol–water partition coefficient (Wildman–Crippen LogP) is 2.68. The molecule has 2 atom stereocenters. The van der Waals surface area contributed by atoms with E-state index in [1.165, 1.54) is 0 Å². The van der Waals surface area contributed by atoms with Crippen LogP contribution in [-0.4, -0.2) is 25.0 Å². The molecule has 1 fully saturated rings. The minimum atomic E-state index is -0.386. The van der Waals surface area contributed by atoms with Crippen LogP contribution in [0.2, 0.25) is 0 Å². The number of carbonyl (C=O) groups excluding carboxylic acids is 2. The Bertz CT molecular complexity index is 387. The minimum absolute atomic E-state index is 0.0491. The van der Waals surface area contributed by atoms with Crippen LogP contribution in [0.25, 0.3) is 0 Å². The van der Waals surface area contributed by atoms with Crippen molar-refractivity contribution in [2.24, 2.45) is 17.3 Å². The van der Waals surface area contributed by atoms with Crippen LogP contribution in [-0.2, 0) is 14.3 Å². The lowest BCUT2D eigenvalue weighted by Crippen LogP contribution is -2.43. The number of hydrogen-bond donors (Lipinski definition) is 1. The zero-order valence-corrected chi connectivity index (χ0v) is 13.1. The molecule has 0 aromatic heterocycles. The van der Waals surface area contributed by atoms with Crippen molar-refractivity contribution in [2.75, 3.05) is 13.2 Å². The van der Waals surface area contributed by atoms with Crippen LogP contribution in [0, 0.1) is 17.3 Å². The molecule has 4 heteroatoms. The Labute approximate surface area is 122 Å². The van der Waals surface area contributed by atoms with Gasteiger partial charge in [0, 0.05) is 5.92 Å². The van der Waals surface area contributed by atoms with Crippen LogP contribution in [0.4, 0.5) is 0 Å². The van der Waals surface area contributed by atoms with Gasteiger partial charge in [-0.3, -0.25) is 9.59 Å². The molecule has 0 heterocycles. The van der Waals surface area contributed by atoms with Gasteiger partial charge in [0.15, 0.2) is 0 Å². The fourth-order valence-corrected chi connectivity index (χ4v) is 2.95. The molecule has 1 saturated carbocycles. The Morgan fingerprint density at radius 3 is 2.55 bits per heavy atom. The SMILES string of the molecule is C=C(C)C1CCC(C)(C)CC1C(=O)NCC(=O)OCC. The highest BCUT2D eigenvalue weighted by atomic mass is 16.5. The van der Waals surface area contributed by atoms with Gasteiger partial charge in [-0.25, -0.2) is 0 Å². The third kappa shape index (κ3) is 4.66. The number of rotatable bonds is 5. The van der Waals surface area contributed by atoms with Crippen LogP contribution >= 0.6 is 0 Å². The molecule has 0 aromatic carbocycles. The molecule has 1 N–H and O–H groups in total. The van der Waals surface area contributed by atoms with E-state index in [1.807, 2.05) is 6.92 Å². The van der Waals surface area contributed by atoms with E-state index in [0.717, 1.165) is 24.8 Å². The average Bonchev–Trinajstić information content (AvgIpc) is 2.34. The average molecular weight is 281 g/mol. The molecule has 1 amide bonds. The van der Waals surface area contributed by atoms with E-state index in [2.05, 4.69) is 25.7 Å². The van der Waals surface area contributed by atoms with Gasteiger partial charge in [-0.05, 0) is 44.4 Å². The molecule has 0 spiro atoms. The van der Waals surface area contributed by atoms with Gasteiger partial charge in [-0.15, -0.1) is 0 Å². The number of allylic oxidation sites excluding steroid dienone is 1. The lowest BCUT2D eigenvalue weighted by Gasteiger charge is -2.40. The fraction of sp³-hybridized carbons (Fsp3) is 0.750. The van der Waals surface area contributed by atoms with Gasteiger partial charge in [0.2, 0.25) is 5.91 Å². The van der Waals surface area contributed by atoms with Gasteiger partial charge in [0.1, 0.15) is 6.54 Å². The zero-order chi connectivity index (χ0) is 15.3. The van der Waals surface area contributed by atoms with E-state index in [4.69, 9.17) is 4.74 Å². The summed E-state index contributed by atoms with van der Waals surface area (Å²) in [5.41, 5.74) is 1.22. The van der Waals surface area contributed by atoms with Crippen LogP contribution < -0.4 is 5.32 Å². The van der Waals surface area contributed by atoms with Crippen molar-refractivity contribution in [3.63, 3.8) is 0 Å². The summed E-state index contributed by atoms with van der Waals surface area (Å²) in [6, 6.07) is 0. The van der Waals surface area contributed by atoms with Crippen molar-refractivity contribution in [1.29, 1.82) is 0 Å². The lowest BCUT2D eigenvalue weighted by molar-refractivity contribution is -0.144. The topological polar surface area (TPSA) is 55.4 Å². The normalized spacial score (nSPS) is 24.8. The van der Waals surface area contributed by atoms with Crippen molar-refractivity contribution >= 4 is 11.9 Å². The molecule has 1 aliphatic carbocycles. The number of ether oxygens (including phenoxy) is 1. The quantitative estimate of drug-likeness (QED) is 0.622. The second-order valence-corrected chi connectivity index (χ2v) is 6.49. The second kappa shape index (κ2) is 6.91. The van der Waals surface area contributed by atoms with E-state index in [0.29, 0.717) is 6.61 Å². The predicted molar refractivity (Wildman–Crippen MR) is 79.1 cm³/mol. The molecule has 0 saturated heterocycles. The summed E-state index contributed by atoms with van der Waals surface area (Å²) in [7, 11) is 0. The summed E-state index contributed by atoms with van der Waals surface area (Å²) in [4.78, 5) is 23.7. The first-order valence-corrected chi connectivity index (χ1v) is 7.35. The number of nitrogens with one attached hydrogen (secondary N) is 1. The van der Waals surface area contributed by atoms with Crippen molar-refractivity contribution < 1.29 is 14.3 Å². The molecule has 0 bridgehead atoms. The maximum Gasteiger partial charge on any atom is 0.325 e. The van der Waals surface area contributed by atoms with Crippen molar-refractivity contribution in [2.45, 2.75) is 47.0 Å². The highest BCUT2D eigenvalue weighted by Gasteiger charge is 2.39. The lowest BCUT2D eigenvalue weighted by atomic mass is 9.65. The monoisotopic (exact) mass is 281 g/mol. The highest BCUT2D eigenvalue weighted by molar-refractivity contribution is 5.84. The Kier molecular flexibility index (Phi) is 5.78. The molecule has 20 heavy (non-hydrogen) atoms. The Hall–Kier alpha value is -1.32. The first-order chi connectivity index (χ1) is 9.26. The molecule has 0 radical (unpaired) electrons. The smallest absolute Gasteiger partial charge is 0.325 e. The molecule has 4 nitrogen and oxygen atoms in total. The number of amides is 1. The van der Waals surface area contributed by atoms with E-state index in [9.17, 15) is 9.59 Å². The van der Waals surface area contributed by atoms with Crippen LogP contribution in [0.5, 0.6) is 0 Å². The summed E-state index contributed by atoms with van der Waals surface area (Å²) >= 11 is 0. The summed E-state index contributed by atoms with van der Waals surface area (Å²) < 4.78 is 4.82. The number of hydrogen-bond acceptors (Lipinski definition) is 3. The number of carbonyl (C=O) groups is 2. The van der Waals surface area contributed by atoms with Gasteiger partial charge >= 0.3 is 5.97 Å². The van der Waals surface area contributed by atoms with Crippen molar-refractivity contribution in [3.05, 3.63) is 12.2 Å². The first kappa shape index (κ1) is 16.7. The zero-order valence-electron chi connectivity index (χ0n) is 13.1. The number of esters is 1. The maximum absolute atomic E-state index is 12.3. The van der Waals surface area contributed by atoms with Gasteiger partial charge in [0.25, 0.3) is 0 Å². The molecular weight excluding hydrogens is 254 g/mol. The van der Waals surface area contributed by atoms with Crippen LogP contribution in [0.3, 0.4) is 0 Å². The molecule has 2 unspecified atom stereocenters. The third-order valence-corrected chi connectivity index (χ3v) is 4.07. The van der Waals surface area contributed by atoms with Gasteiger partial charge < -0.3 is 10.1 Å². The highest BCUT2D eigenvalue weighted by Crippen LogP contribution is 2.44. The van der Waals surface area contributed by atoms with E-state index in [-0.39, 0.29) is 35.7 Å². The van der Waals surface area contributed by atoms with E-state index >= 15 is 0 Å². The van der Waals surface area contributed by atoms with Gasteiger partial charge in [-0.1, -0.05) is 26.0 Å². The Morgan fingerprint density at radius 2 is 2.00 bits per heavy atom. The van der Waals surface area contributed by atoms with Gasteiger partial charge in [0.05, 0.1) is 6.61 Å². The maximum atomic E-state index is 12.3. The molecule has 0 aromatic rings. The van der Waals surface area contributed by atoms with E-state index in [1.54, 1.807) is 6.92 Å². The molecular formula is C16H27NO3. The largest absolute Gasteiger partial charge is 0.465 e. The van der Waals surface area contributed by atoms with Crippen molar-refractivity contribution in [1.82, 2.24) is 5.32 Å². The summed E-state index contributed by atoms with van der Waals surface area (Å²) in [5.74, 6) is -0.322. The Balaban J connectivity index is 2.65. The minimum Gasteiger partial charge on any atom is -0.465 e. The summed E-state index contributed by atoms with van der Waals surface area (Å²) in [6.07, 6.45) is 2.92. The second-order valence-electron chi connectivity index (χ2n) is 6.49. The van der Waals surface area contributed by atoms with Crippen molar-refractivity contribution in [3.8, 4) is 0 Å². The molecule has 0 aliphatic heterocycles. The van der Waals surface area contributed by atoms with Crippen LogP contribution in [0.15, 0.2) is 12.2 Å². The first-order valence-electron chi connectivity index (χ1n) is 7.35. The van der Waals surface area contributed by atoms with E-state index < -0.39 is 0 Å². The summed E-state index contributed by atoms with van der Waals surface area (Å²) in [5, 5.41) is 2.70. The fourth-order valence-electron chi connectivity index (χ4n) is 2.95. The summed E-state index contributed by atoms with van der Waals surface area (Å²) in [6.45, 7) is 12.4. The molecule has 1 aliphatic rings. The molecule has 114 valence electrons.